The van der Waals surface area contributed by atoms with Gasteiger partial charge in [0, 0.05) is 54.5 Å². The van der Waals surface area contributed by atoms with Gasteiger partial charge in [-0.05, 0) is 67.3 Å². The smallest absolute Gasteiger partial charge is 0.123 e. The molecule has 6 nitrogen and oxygen atoms in total. The summed E-state index contributed by atoms with van der Waals surface area (Å²) in [6, 6.07) is 14.5. The quantitative estimate of drug-likeness (QED) is 0.525. The van der Waals surface area contributed by atoms with Crippen molar-refractivity contribution in [2.24, 2.45) is 5.92 Å². The number of aromatic amines is 1. The summed E-state index contributed by atoms with van der Waals surface area (Å²) in [5.74, 6) is 0.531. The van der Waals surface area contributed by atoms with Crippen molar-refractivity contribution in [1.29, 1.82) is 0 Å². The predicted octanol–water partition coefficient (Wildman–Crippen LogP) is 3.63. The van der Waals surface area contributed by atoms with Gasteiger partial charge in [0.25, 0.3) is 0 Å². The summed E-state index contributed by atoms with van der Waals surface area (Å²) in [5.41, 5.74) is 4.81. The highest BCUT2D eigenvalue weighted by molar-refractivity contribution is 5.85. The zero-order chi connectivity index (χ0) is 21.7. The van der Waals surface area contributed by atoms with E-state index in [2.05, 4.69) is 56.4 Å². The molecule has 164 valence electrons. The summed E-state index contributed by atoms with van der Waals surface area (Å²) >= 11 is 0. The number of nitrogens with one attached hydrogen (secondary N) is 1. The molecule has 0 bridgehead atoms. The molecule has 0 amide bonds. The van der Waals surface area contributed by atoms with Gasteiger partial charge in [-0.1, -0.05) is 12.1 Å². The largest absolute Gasteiger partial charge is 0.361 e. The first-order valence-corrected chi connectivity index (χ1v) is 11.3. The molecule has 0 spiro atoms. The Morgan fingerprint density at radius 1 is 1.06 bits per heavy atom. The number of likely N-dealkylation sites (tertiary alicyclic amines) is 2. The molecule has 0 saturated carbocycles. The first-order valence-electron chi connectivity index (χ1n) is 11.3. The van der Waals surface area contributed by atoms with Gasteiger partial charge in [0.15, 0.2) is 0 Å². The Kier molecular flexibility index (Phi) is 4.81. The lowest BCUT2D eigenvalue weighted by molar-refractivity contribution is 0.207. The van der Waals surface area contributed by atoms with Gasteiger partial charge in [-0.25, -0.2) is 4.39 Å². The van der Waals surface area contributed by atoms with Gasteiger partial charge < -0.3 is 4.98 Å². The first-order chi connectivity index (χ1) is 15.6. The van der Waals surface area contributed by atoms with Gasteiger partial charge in [0.2, 0.25) is 0 Å². The average Bonchev–Trinajstić information content (AvgIpc) is 3.57. The van der Waals surface area contributed by atoms with Crippen molar-refractivity contribution >= 4 is 10.9 Å². The van der Waals surface area contributed by atoms with E-state index in [1.54, 1.807) is 24.8 Å². The van der Waals surface area contributed by atoms with Crippen LogP contribution in [-0.4, -0.2) is 61.8 Å². The van der Waals surface area contributed by atoms with E-state index in [-0.39, 0.29) is 5.82 Å². The maximum absolute atomic E-state index is 13.2. The fourth-order valence-corrected chi connectivity index (χ4v) is 5.71. The molecule has 0 unspecified atom stereocenters. The van der Waals surface area contributed by atoms with Gasteiger partial charge in [-0.2, -0.15) is 0 Å². The molecule has 4 heterocycles. The highest BCUT2D eigenvalue weighted by Gasteiger charge is 2.44. The Morgan fingerprint density at radius 2 is 1.88 bits per heavy atom. The number of rotatable bonds is 5. The Bertz CT molecular complexity index is 1220. The van der Waals surface area contributed by atoms with E-state index in [4.69, 9.17) is 0 Å². The normalized spacial score (nSPS) is 23.9. The van der Waals surface area contributed by atoms with Crippen LogP contribution in [0.1, 0.15) is 17.5 Å². The van der Waals surface area contributed by atoms with E-state index in [9.17, 15) is 4.39 Å². The summed E-state index contributed by atoms with van der Waals surface area (Å²) in [6.07, 6.45) is 7.91. The maximum Gasteiger partial charge on any atom is 0.123 e. The van der Waals surface area contributed by atoms with Crippen LogP contribution in [0.2, 0.25) is 0 Å². The van der Waals surface area contributed by atoms with Crippen molar-refractivity contribution in [3.8, 4) is 5.69 Å². The van der Waals surface area contributed by atoms with Crippen LogP contribution in [0.4, 0.5) is 4.39 Å². The zero-order valence-corrected chi connectivity index (χ0v) is 18.2. The maximum atomic E-state index is 13.2. The molecule has 4 aromatic rings. The second-order valence-electron chi connectivity index (χ2n) is 9.32. The number of fused-ring (bicyclic) bond motifs is 2. The lowest BCUT2D eigenvalue weighted by Gasteiger charge is -2.27. The number of hydrogen-bond donors (Lipinski definition) is 1. The molecular weight excluding hydrogens is 403 g/mol. The van der Waals surface area contributed by atoms with E-state index in [0.29, 0.717) is 18.0 Å². The number of hydrogen-bond acceptors (Lipinski definition) is 4. The fourth-order valence-electron chi connectivity index (χ4n) is 5.71. The van der Waals surface area contributed by atoms with Crippen molar-refractivity contribution in [3.05, 3.63) is 78.3 Å². The number of nitrogens with zero attached hydrogens (tertiary/aromatic N) is 5. The minimum Gasteiger partial charge on any atom is -0.361 e. The topological polar surface area (TPSA) is 53.0 Å². The van der Waals surface area contributed by atoms with Crippen molar-refractivity contribution in [2.45, 2.75) is 31.5 Å². The van der Waals surface area contributed by atoms with E-state index in [1.165, 1.54) is 28.5 Å². The third kappa shape index (κ3) is 3.51. The molecule has 32 heavy (non-hydrogen) atoms. The number of likely N-dealkylation sites (N-methyl/N-ethyl adjacent to an activating group) is 1. The molecule has 2 saturated heterocycles. The number of aromatic nitrogens is 4. The number of benzene rings is 2. The van der Waals surface area contributed by atoms with Crippen LogP contribution in [0.3, 0.4) is 0 Å². The van der Waals surface area contributed by atoms with Gasteiger partial charge >= 0.3 is 0 Å². The zero-order valence-electron chi connectivity index (χ0n) is 18.2. The molecule has 0 radical (unpaired) electrons. The monoisotopic (exact) mass is 430 g/mol. The summed E-state index contributed by atoms with van der Waals surface area (Å²) in [5, 5.41) is 9.13. The SMILES string of the molecule is CN1[C@H](Cc2c[nH]c3ccc(-n4cnnc4)cc23)C[C@H]2CN(Cc3ccc(F)cc3)C[C@H]21. The van der Waals surface area contributed by atoms with Crippen LogP contribution >= 0.6 is 0 Å². The molecular formula is C25H27FN6. The molecule has 1 N–H and O–H groups in total. The Labute approximate surface area is 186 Å². The molecule has 6 rings (SSSR count). The minimum absolute atomic E-state index is 0.166. The summed E-state index contributed by atoms with van der Waals surface area (Å²) < 4.78 is 15.1. The van der Waals surface area contributed by atoms with Crippen molar-refractivity contribution in [2.75, 3.05) is 20.1 Å². The van der Waals surface area contributed by atoms with Gasteiger partial charge in [-0.3, -0.25) is 14.4 Å². The number of halogens is 1. The third-order valence-electron chi connectivity index (χ3n) is 7.40. The average molecular weight is 431 g/mol. The molecule has 2 aromatic carbocycles. The third-order valence-corrected chi connectivity index (χ3v) is 7.40. The van der Waals surface area contributed by atoms with Crippen LogP contribution in [0.15, 0.2) is 61.3 Å². The molecule has 7 heteroatoms. The first kappa shape index (κ1) is 19.6. The second-order valence-corrected chi connectivity index (χ2v) is 9.32. The van der Waals surface area contributed by atoms with Crippen LogP contribution in [-0.2, 0) is 13.0 Å². The van der Waals surface area contributed by atoms with E-state index >= 15 is 0 Å². The molecule has 0 aliphatic carbocycles. The highest BCUT2D eigenvalue weighted by atomic mass is 19.1. The lowest BCUT2D eigenvalue weighted by atomic mass is 9.98. The van der Waals surface area contributed by atoms with E-state index < -0.39 is 0 Å². The van der Waals surface area contributed by atoms with Crippen LogP contribution < -0.4 is 0 Å². The van der Waals surface area contributed by atoms with Crippen LogP contribution in [0, 0.1) is 11.7 Å². The fraction of sp³-hybridized carbons (Fsp3) is 0.360. The summed E-state index contributed by atoms with van der Waals surface area (Å²) in [6.45, 7) is 3.11. The highest BCUT2D eigenvalue weighted by Crippen LogP contribution is 2.37. The van der Waals surface area contributed by atoms with Crippen molar-refractivity contribution in [3.63, 3.8) is 0 Å². The van der Waals surface area contributed by atoms with Crippen molar-refractivity contribution in [1.82, 2.24) is 29.5 Å². The van der Waals surface area contributed by atoms with Crippen LogP contribution in [0.25, 0.3) is 16.6 Å². The second kappa shape index (κ2) is 7.83. The Morgan fingerprint density at radius 3 is 2.66 bits per heavy atom. The number of H-pyrrole nitrogens is 1. The summed E-state index contributed by atoms with van der Waals surface area (Å²) in [4.78, 5) is 8.56. The van der Waals surface area contributed by atoms with E-state index in [0.717, 1.165) is 31.7 Å². The minimum atomic E-state index is -0.166. The summed E-state index contributed by atoms with van der Waals surface area (Å²) in [7, 11) is 2.29. The van der Waals surface area contributed by atoms with Gasteiger partial charge in [-0.15, -0.1) is 10.2 Å². The molecule has 2 aliphatic heterocycles. The molecule has 2 aliphatic rings. The van der Waals surface area contributed by atoms with Gasteiger partial charge in [0.05, 0.1) is 0 Å². The Hall–Kier alpha value is -3.03. The van der Waals surface area contributed by atoms with Gasteiger partial charge in [0.1, 0.15) is 18.5 Å². The van der Waals surface area contributed by atoms with Crippen molar-refractivity contribution < 1.29 is 4.39 Å². The molecule has 3 atom stereocenters. The lowest BCUT2D eigenvalue weighted by Crippen LogP contribution is -2.37. The molecule has 2 aromatic heterocycles. The van der Waals surface area contributed by atoms with E-state index in [1.807, 2.05) is 16.7 Å². The Balaban J connectivity index is 1.15. The predicted molar refractivity (Wildman–Crippen MR) is 122 cm³/mol. The standard InChI is InChI=1S/C25H27FN6/c1-30-22(9-19-13-31(14-25(19)30)12-17-2-4-20(26)5-3-17)8-18-11-27-24-7-6-21(10-23(18)24)32-15-28-29-16-32/h2-7,10-11,15-16,19,22,25,27H,8-9,12-14H2,1H3/t19-,22+,25+/m0/s1. The van der Waals surface area contributed by atoms with Crippen LogP contribution in [0.5, 0.6) is 0 Å². The molecule has 2 fully saturated rings.